The lowest BCUT2D eigenvalue weighted by Gasteiger charge is -2.12. The number of nitro benzene ring substituents is 1. The van der Waals surface area contributed by atoms with Crippen LogP contribution in [0.3, 0.4) is 0 Å². The maximum atomic E-state index is 12.7. The van der Waals surface area contributed by atoms with Crippen LogP contribution < -0.4 is 0 Å². The van der Waals surface area contributed by atoms with Crippen LogP contribution in [0.25, 0.3) is 6.08 Å². The van der Waals surface area contributed by atoms with Crippen molar-refractivity contribution in [1.82, 2.24) is 4.90 Å². The van der Waals surface area contributed by atoms with Gasteiger partial charge in [-0.1, -0.05) is 18.2 Å². The number of phenolic OH excluding ortho intramolecular Hbond substituents is 1. The predicted octanol–water partition coefficient (Wildman–Crippen LogP) is 4.23. The Kier molecular flexibility index (Phi) is 5.27. The SMILES string of the molecule is CCN1C(=O)/C(=C/c2cccc([N+](=O)[O-])c2)SC1=Nc1ccc(C)cc1O. The molecule has 1 heterocycles. The van der Waals surface area contributed by atoms with Crippen LogP contribution in [-0.2, 0) is 4.79 Å². The number of benzene rings is 2. The molecule has 1 saturated heterocycles. The molecule has 8 heteroatoms. The fraction of sp³-hybridized carbons (Fsp3) is 0.158. The summed E-state index contributed by atoms with van der Waals surface area (Å²) in [7, 11) is 0. The Hall–Kier alpha value is -3.13. The van der Waals surface area contributed by atoms with E-state index in [1.807, 2.05) is 19.9 Å². The van der Waals surface area contributed by atoms with E-state index >= 15 is 0 Å². The molecule has 1 amide bonds. The second kappa shape index (κ2) is 7.63. The molecule has 3 rings (SSSR count). The van der Waals surface area contributed by atoms with Gasteiger partial charge in [0.05, 0.1) is 9.83 Å². The zero-order valence-corrected chi connectivity index (χ0v) is 15.6. The van der Waals surface area contributed by atoms with Crippen LogP contribution in [0.4, 0.5) is 11.4 Å². The Bertz CT molecular complexity index is 985. The monoisotopic (exact) mass is 383 g/mol. The number of aromatic hydroxyl groups is 1. The molecule has 1 aliphatic heterocycles. The lowest BCUT2D eigenvalue weighted by atomic mass is 10.2. The van der Waals surface area contributed by atoms with Gasteiger partial charge in [-0.25, -0.2) is 4.99 Å². The number of thioether (sulfide) groups is 1. The van der Waals surface area contributed by atoms with Crippen LogP contribution in [0.5, 0.6) is 5.75 Å². The molecule has 0 atom stereocenters. The summed E-state index contributed by atoms with van der Waals surface area (Å²) in [5, 5.41) is 21.4. The standard InChI is InChI=1S/C19H17N3O4S/c1-3-21-18(24)17(11-13-5-4-6-14(10-13)22(25)26)27-19(21)20-15-8-7-12(2)9-16(15)23/h4-11,23H,3H2,1-2H3/b17-11-,20-19?. The van der Waals surface area contributed by atoms with Gasteiger partial charge in [0.15, 0.2) is 5.17 Å². The number of aliphatic imine (C=N–C) groups is 1. The first kappa shape index (κ1) is 18.7. The number of hydrogen-bond donors (Lipinski definition) is 1. The molecule has 0 bridgehead atoms. The van der Waals surface area contributed by atoms with Crippen molar-refractivity contribution in [3.8, 4) is 5.75 Å². The summed E-state index contributed by atoms with van der Waals surface area (Å²) in [5.74, 6) is -0.179. The van der Waals surface area contributed by atoms with E-state index in [4.69, 9.17) is 0 Å². The third kappa shape index (κ3) is 4.01. The van der Waals surface area contributed by atoms with Crippen molar-refractivity contribution in [2.24, 2.45) is 4.99 Å². The maximum absolute atomic E-state index is 12.7. The van der Waals surface area contributed by atoms with Gasteiger partial charge >= 0.3 is 0 Å². The molecule has 0 saturated carbocycles. The summed E-state index contributed by atoms with van der Waals surface area (Å²) in [6.07, 6.45) is 1.61. The summed E-state index contributed by atoms with van der Waals surface area (Å²) in [6, 6.07) is 11.2. The third-order valence-electron chi connectivity index (χ3n) is 3.93. The first-order valence-electron chi connectivity index (χ1n) is 8.23. The van der Waals surface area contributed by atoms with Gasteiger partial charge in [-0.15, -0.1) is 0 Å². The Labute approximate surface area is 160 Å². The van der Waals surface area contributed by atoms with Gasteiger partial charge in [-0.05, 0) is 54.9 Å². The Morgan fingerprint density at radius 2 is 2.07 bits per heavy atom. The molecule has 0 spiro atoms. The van der Waals surface area contributed by atoms with Crippen molar-refractivity contribution >= 4 is 40.3 Å². The first-order valence-corrected chi connectivity index (χ1v) is 9.05. The summed E-state index contributed by atoms with van der Waals surface area (Å²) in [6.45, 7) is 4.12. The van der Waals surface area contributed by atoms with Crippen LogP contribution >= 0.6 is 11.8 Å². The van der Waals surface area contributed by atoms with E-state index < -0.39 is 4.92 Å². The number of hydrogen-bond acceptors (Lipinski definition) is 6. The van der Waals surface area contributed by atoms with Gasteiger partial charge in [-0.3, -0.25) is 19.8 Å². The second-order valence-corrected chi connectivity index (χ2v) is 6.91. The summed E-state index contributed by atoms with van der Waals surface area (Å²) in [4.78, 5) is 29.5. The smallest absolute Gasteiger partial charge is 0.270 e. The molecule has 2 aromatic carbocycles. The van der Waals surface area contributed by atoms with E-state index in [9.17, 15) is 20.0 Å². The molecule has 0 unspecified atom stereocenters. The average molecular weight is 383 g/mol. The summed E-state index contributed by atoms with van der Waals surface area (Å²) < 4.78 is 0. The zero-order chi connectivity index (χ0) is 19.6. The minimum Gasteiger partial charge on any atom is -0.506 e. The van der Waals surface area contributed by atoms with Gasteiger partial charge in [-0.2, -0.15) is 0 Å². The van der Waals surface area contributed by atoms with Crippen molar-refractivity contribution in [2.45, 2.75) is 13.8 Å². The summed E-state index contributed by atoms with van der Waals surface area (Å²) >= 11 is 1.17. The van der Waals surface area contributed by atoms with Crippen LogP contribution in [0.2, 0.25) is 0 Å². The average Bonchev–Trinajstić information content (AvgIpc) is 2.92. The zero-order valence-electron chi connectivity index (χ0n) is 14.7. The number of non-ortho nitro benzene ring substituents is 1. The largest absolute Gasteiger partial charge is 0.506 e. The molecule has 2 aromatic rings. The number of amides is 1. The molecule has 7 nitrogen and oxygen atoms in total. The molecular formula is C19H17N3O4S. The number of likely N-dealkylation sites (N-methyl/N-ethyl adjacent to an activating group) is 1. The first-order chi connectivity index (χ1) is 12.9. The molecule has 1 aliphatic rings. The third-order valence-corrected chi connectivity index (χ3v) is 4.94. The van der Waals surface area contributed by atoms with Crippen molar-refractivity contribution in [1.29, 1.82) is 0 Å². The molecule has 0 aliphatic carbocycles. The number of nitro groups is 1. The van der Waals surface area contributed by atoms with Gasteiger partial charge in [0, 0.05) is 18.7 Å². The molecular weight excluding hydrogens is 366 g/mol. The van der Waals surface area contributed by atoms with Crippen molar-refractivity contribution in [2.75, 3.05) is 6.54 Å². The molecule has 1 fully saturated rings. The van der Waals surface area contributed by atoms with E-state index in [1.165, 1.54) is 28.8 Å². The second-order valence-electron chi connectivity index (χ2n) is 5.90. The highest BCUT2D eigenvalue weighted by atomic mass is 32.2. The highest BCUT2D eigenvalue weighted by molar-refractivity contribution is 8.18. The predicted molar refractivity (Wildman–Crippen MR) is 106 cm³/mol. The number of amidine groups is 1. The van der Waals surface area contributed by atoms with E-state index in [2.05, 4.69) is 4.99 Å². The molecule has 138 valence electrons. The van der Waals surface area contributed by atoms with E-state index in [0.717, 1.165) is 5.56 Å². The van der Waals surface area contributed by atoms with E-state index in [1.54, 1.807) is 30.3 Å². The van der Waals surface area contributed by atoms with Crippen LogP contribution in [0, 0.1) is 17.0 Å². The number of aryl methyl sites for hydroxylation is 1. The molecule has 27 heavy (non-hydrogen) atoms. The van der Waals surface area contributed by atoms with Gasteiger partial charge in [0.2, 0.25) is 0 Å². The number of nitrogens with zero attached hydrogens (tertiary/aromatic N) is 3. The van der Waals surface area contributed by atoms with Gasteiger partial charge < -0.3 is 5.11 Å². The number of carbonyl (C=O) groups excluding carboxylic acids is 1. The molecule has 1 N–H and O–H groups in total. The van der Waals surface area contributed by atoms with Gasteiger partial charge in [0.25, 0.3) is 11.6 Å². The van der Waals surface area contributed by atoms with Crippen molar-refractivity contribution < 1.29 is 14.8 Å². The maximum Gasteiger partial charge on any atom is 0.270 e. The highest BCUT2D eigenvalue weighted by Crippen LogP contribution is 2.36. The molecule has 0 aromatic heterocycles. The summed E-state index contributed by atoms with van der Waals surface area (Å²) in [5.41, 5.74) is 1.82. The number of carbonyl (C=O) groups is 1. The van der Waals surface area contributed by atoms with Crippen molar-refractivity contribution in [3.63, 3.8) is 0 Å². The molecule has 0 radical (unpaired) electrons. The number of phenols is 1. The fourth-order valence-corrected chi connectivity index (χ4v) is 3.64. The lowest BCUT2D eigenvalue weighted by Crippen LogP contribution is -2.28. The van der Waals surface area contributed by atoms with Crippen molar-refractivity contribution in [3.05, 3.63) is 68.6 Å². The fourth-order valence-electron chi connectivity index (χ4n) is 2.58. The highest BCUT2D eigenvalue weighted by Gasteiger charge is 2.32. The van der Waals surface area contributed by atoms with E-state index in [-0.39, 0.29) is 17.3 Å². The lowest BCUT2D eigenvalue weighted by molar-refractivity contribution is -0.384. The Morgan fingerprint density at radius 1 is 1.30 bits per heavy atom. The Morgan fingerprint density at radius 3 is 2.74 bits per heavy atom. The van der Waals surface area contributed by atoms with Crippen LogP contribution in [0.1, 0.15) is 18.1 Å². The number of rotatable bonds is 4. The normalized spacial score (nSPS) is 17.1. The quantitative estimate of drug-likeness (QED) is 0.484. The van der Waals surface area contributed by atoms with Crippen LogP contribution in [0.15, 0.2) is 52.4 Å². The van der Waals surface area contributed by atoms with Gasteiger partial charge in [0.1, 0.15) is 11.4 Å². The minimum atomic E-state index is -0.475. The Balaban J connectivity index is 1.96. The van der Waals surface area contributed by atoms with E-state index in [0.29, 0.717) is 27.9 Å². The topological polar surface area (TPSA) is 96.0 Å². The minimum absolute atomic E-state index is 0.0365. The van der Waals surface area contributed by atoms with Crippen LogP contribution in [-0.4, -0.2) is 32.5 Å².